The van der Waals surface area contributed by atoms with Crippen molar-refractivity contribution in [2.45, 2.75) is 32.2 Å². The Morgan fingerprint density at radius 3 is 2.94 bits per heavy atom. The first-order chi connectivity index (χ1) is 8.16. The van der Waals surface area contributed by atoms with Crippen LogP contribution in [-0.2, 0) is 4.79 Å². The second-order valence-corrected chi connectivity index (χ2v) is 5.31. The lowest BCUT2D eigenvalue weighted by molar-refractivity contribution is -0.118. The van der Waals surface area contributed by atoms with E-state index in [1.54, 1.807) is 0 Å². The van der Waals surface area contributed by atoms with Gasteiger partial charge in [0.2, 0.25) is 5.91 Å². The Hall–Kier alpha value is -0.870. The summed E-state index contributed by atoms with van der Waals surface area (Å²) in [6.07, 6.45) is 3.23. The van der Waals surface area contributed by atoms with Crippen LogP contribution in [-0.4, -0.2) is 18.5 Å². The third kappa shape index (κ3) is 3.30. The van der Waals surface area contributed by atoms with Crippen LogP contribution in [0.25, 0.3) is 0 Å². The van der Waals surface area contributed by atoms with Gasteiger partial charge in [-0.15, -0.1) is 0 Å². The largest absolute Gasteiger partial charge is 0.325 e. The Morgan fingerprint density at radius 1 is 1.47 bits per heavy atom. The minimum absolute atomic E-state index is 0.0345. The molecule has 17 heavy (non-hydrogen) atoms. The molecule has 1 aromatic carbocycles. The van der Waals surface area contributed by atoms with Gasteiger partial charge in [0, 0.05) is 10.2 Å². The van der Waals surface area contributed by atoms with E-state index in [1.807, 2.05) is 25.1 Å². The number of carbonyl (C=O) groups is 1. The number of hydrogen-bond donors (Lipinski definition) is 2. The summed E-state index contributed by atoms with van der Waals surface area (Å²) in [5.74, 6) is 0.0754. The van der Waals surface area contributed by atoms with Gasteiger partial charge < -0.3 is 10.6 Å². The zero-order valence-electron chi connectivity index (χ0n) is 9.92. The molecule has 0 spiro atoms. The number of hydrogen-bond acceptors (Lipinski definition) is 2. The second-order valence-electron chi connectivity index (χ2n) is 4.46. The van der Waals surface area contributed by atoms with E-state index >= 15 is 0 Å². The average molecular weight is 297 g/mol. The lowest BCUT2D eigenvalue weighted by Crippen LogP contribution is -2.43. The van der Waals surface area contributed by atoms with E-state index in [1.165, 1.54) is 6.42 Å². The molecule has 0 unspecified atom stereocenters. The molecule has 1 heterocycles. The number of aryl methyl sites for hydroxylation is 1. The van der Waals surface area contributed by atoms with Gasteiger partial charge in [0.25, 0.3) is 0 Å². The van der Waals surface area contributed by atoms with Gasteiger partial charge in [-0.3, -0.25) is 4.79 Å². The topological polar surface area (TPSA) is 41.1 Å². The van der Waals surface area contributed by atoms with Gasteiger partial charge >= 0.3 is 0 Å². The van der Waals surface area contributed by atoms with E-state index in [2.05, 4.69) is 26.6 Å². The molecule has 1 aliphatic rings. The number of halogens is 1. The summed E-state index contributed by atoms with van der Waals surface area (Å²) in [6.45, 7) is 2.95. The molecule has 1 atom stereocenters. The van der Waals surface area contributed by atoms with Crippen molar-refractivity contribution < 1.29 is 4.79 Å². The van der Waals surface area contributed by atoms with E-state index in [9.17, 15) is 4.79 Å². The van der Waals surface area contributed by atoms with Crippen LogP contribution >= 0.6 is 15.9 Å². The zero-order valence-corrected chi connectivity index (χ0v) is 11.5. The second kappa shape index (κ2) is 5.65. The highest BCUT2D eigenvalue weighted by molar-refractivity contribution is 9.10. The molecule has 0 aliphatic carbocycles. The number of rotatable bonds is 2. The number of anilines is 1. The van der Waals surface area contributed by atoms with Gasteiger partial charge in [-0.25, -0.2) is 0 Å². The van der Waals surface area contributed by atoms with Crippen molar-refractivity contribution in [3.63, 3.8) is 0 Å². The van der Waals surface area contributed by atoms with Gasteiger partial charge in [-0.05, 0) is 50.1 Å². The first kappa shape index (κ1) is 12.6. The Labute approximate surface area is 110 Å². The smallest absolute Gasteiger partial charge is 0.241 e. The molecule has 1 amide bonds. The fourth-order valence-electron chi connectivity index (χ4n) is 2.03. The first-order valence-electron chi connectivity index (χ1n) is 5.97. The molecule has 2 N–H and O–H groups in total. The lowest BCUT2D eigenvalue weighted by Gasteiger charge is -2.22. The molecule has 2 rings (SSSR count). The molecule has 0 radical (unpaired) electrons. The van der Waals surface area contributed by atoms with Crippen molar-refractivity contribution in [2.75, 3.05) is 11.9 Å². The predicted molar refractivity (Wildman–Crippen MR) is 73.2 cm³/mol. The van der Waals surface area contributed by atoms with Gasteiger partial charge in [-0.1, -0.05) is 22.4 Å². The minimum atomic E-state index is -0.0345. The van der Waals surface area contributed by atoms with Crippen LogP contribution in [0.1, 0.15) is 24.8 Å². The van der Waals surface area contributed by atoms with Crippen LogP contribution < -0.4 is 10.6 Å². The SMILES string of the molecule is Cc1cc(NC(=O)[C@H]2CCCCN2)ccc1Br. The maximum absolute atomic E-state index is 12.0. The monoisotopic (exact) mass is 296 g/mol. The third-order valence-electron chi connectivity index (χ3n) is 3.05. The van der Waals surface area contributed by atoms with Crippen LogP contribution in [0.2, 0.25) is 0 Å². The fourth-order valence-corrected chi connectivity index (χ4v) is 2.27. The molecule has 4 heteroatoms. The van der Waals surface area contributed by atoms with E-state index < -0.39 is 0 Å². The minimum Gasteiger partial charge on any atom is -0.325 e. The maximum atomic E-state index is 12.0. The summed E-state index contributed by atoms with van der Waals surface area (Å²) in [5, 5.41) is 6.20. The van der Waals surface area contributed by atoms with Crippen LogP contribution in [0.4, 0.5) is 5.69 Å². The van der Waals surface area contributed by atoms with Crippen molar-refractivity contribution in [3.8, 4) is 0 Å². The molecular formula is C13H17BrN2O. The molecular weight excluding hydrogens is 280 g/mol. The molecule has 1 fully saturated rings. The number of benzene rings is 1. The quantitative estimate of drug-likeness (QED) is 0.881. The molecule has 1 aliphatic heterocycles. The summed E-state index contributed by atoms with van der Waals surface area (Å²) < 4.78 is 1.06. The normalized spacial score (nSPS) is 20.0. The van der Waals surface area contributed by atoms with Crippen LogP contribution in [0.3, 0.4) is 0 Å². The highest BCUT2D eigenvalue weighted by atomic mass is 79.9. The van der Waals surface area contributed by atoms with Gasteiger partial charge in [0.1, 0.15) is 0 Å². The van der Waals surface area contributed by atoms with Crippen molar-refractivity contribution >= 4 is 27.5 Å². The summed E-state index contributed by atoms with van der Waals surface area (Å²) >= 11 is 3.45. The molecule has 0 bridgehead atoms. The first-order valence-corrected chi connectivity index (χ1v) is 6.76. The highest BCUT2D eigenvalue weighted by Gasteiger charge is 2.20. The van der Waals surface area contributed by atoms with E-state index in [0.29, 0.717) is 0 Å². The van der Waals surface area contributed by atoms with Crippen LogP contribution in [0.15, 0.2) is 22.7 Å². The highest BCUT2D eigenvalue weighted by Crippen LogP contribution is 2.20. The van der Waals surface area contributed by atoms with E-state index in [-0.39, 0.29) is 11.9 Å². The van der Waals surface area contributed by atoms with Crippen molar-refractivity contribution in [1.82, 2.24) is 5.32 Å². The third-order valence-corrected chi connectivity index (χ3v) is 3.94. The number of carbonyl (C=O) groups excluding carboxylic acids is 1. The summed E-state index contributed by atoms with van der Waals surface area (Å²) in [5.41, 5.74) is 1.99. The lowest BCUT2D eigenvalue weighted by atomic mass is 10.0. The Kier molecular flexibility index (Phi) is 4.18. The molecule has 3 nitrogen and oxygen atoms in total. The van der Waals surface area contributed by atoms with Crippen molar-refractivity contribution in [1.29, 1.82) is 0 Å². The summed E-state index contributed by atoms with van der Waals surface area (Å²) in [6, 6.07) is 5.81. The predicted octanol–water partition coefficient (Wildman–Crippen LogP) is 2.84. The number of piperidine rings is 1. The molecule has 1 aromatic rings. The van der Waals surface area contributed by atoms with Gasteiger partial charge in [0.15, 0.2) is 0 Å². The summed E-state index contributed by atoms with van der Waals surface area (Å²) in [7, 11) is 0. The average Bonchev–Trinajstić information content (AvgIpc) is 2.35. The summed E-state index contributed by atoms with van der Waals surface area (Å²) in [4.78, 5) is 12.0. The van der Waals surface area contributed by atoms with Gasteiger partial charge in [-0.2, -0.15) is 0 Å². The van der Waals surface area contributed by atoms with Crippen molar-refractivity contribution in [3.05, 3.63) is 28.2 Å². The standard InChI is InChI=1S/C13H17BrN2O/c1-9-8-10(5-6-11(9)14)16-13(17)12-4-2-3-7-15-12/h5-6,8,12,15H,2-4,7H2,1H3,(H,16,17)/t12-/m1/s1. The van der Waals surface area contributed by atoms with Crippen LogP contribution in [0, 0.1) is 6.92 Å². The molecule has 1 saturated heterocycles. The molecule has 92 valence electrons. The van der Waals surface area contributed by atoms with E-state index in [4.69, 9.17) is 0 Å². The fraction of sp³-hybridized carbons (Fsp3) is 0.462. The molecule has 0 aromatic heterocycles. The van der Waals surface area contributed by atoms with Crippen molar-refractivity contribution in [2.24, 2.45) is 0 Å². The van der Waals surface area contributed by atoms with Gasteiger partial charge in [0.05, 0.1) is 6.04 Å². The Balaban J connectivity index is 1.99. The maximum Gasteiger partial charge on any atom is 0.241 e. The molecule has 0 saturated carbocycles. The Bertz CT molecular complexity index is 414. The zero-order chi connectivity index (χ0) is 12.3. The van der Waals surface area contributed by atoms with Crippen LogP contribution in [0.5, 0.6) is 0 Å². The van der Waals surface area contributed by atoms with E-state index in [0.717, 1.165) is 35.1 Å². The Morgan fingerprint density at radius 2 is 2.29 bits per heavy atom. The number of amides is 1. The number of nitrogens with one attached hydrogen (secondary N) is 2.